The van der Waals surface area contributed by atoms with Crippen LogP contribution < -0.4 is 0 Å². The maximum absolute atomic E-state index is 8.44. The van der Waals surface area contributed by atoms with Crippen molar-refractivity contribution in [3.8, 4) is 11.8 Å². The second kappa shape index (κ2) is 7.28. The molecule has 1 heterocycles. The van der Waals surface area contributed by atoms with Gasteiger partial charge in [-0.15, -0.1) is 5.92 Å². The predicted octanol–water partition coefficient (Wildman–Crippen LogP) is 2.80. The third kappa shape index (κ3) is 4.09. The molecule has 0 aromatic heterocycles. The van der Waals surface area contributed by atoms with Gasteiger partial charge in [0.05, 0.1) is 0 Å². The zero-order valence-corrected chi connectivity index (χ0v) is 13.3. The highest BCUT2D eigenvalue weighted by atomic mass is 15.2. The lowest BCUT2D eigenvalue weighted by Crippen LogP contribution is -2.37. The summed E-state index contributed by atoms with van der Waals surface area (Å²) in [4.78, 5) is 4.69. The first-order valence-electron chi connectivity index (χ1n) is 7.72. The van der Waals surface area contributed by atoms with Crippen molar-refractivity contribution in [1.82, 2.24) is 9.80 Å². The van der Waals surface area contributed by atoms with E-state index in [4.69, 9.17) is 5.41 Å². The van der Waals surface area contributed by atoms with Crippen molar-refractivity contribution in [3.63, 3.8) is 0 Å². The van der Waals surface area contributed by atoms with Crippen LogP contribution in [0.4, 0.5) is 0 Å². The van der Waals surface area contributed by atoms with Crippen molar-refractivity contribution >= 4 is 5.84 Å². The molecule has 3 nitrogen and oxygen atoms in total. The Bertz CT molecular complexity index is 534. The second-order valence-electron chi connectivity index (χ2n) is 5.77. The molecular weight excluding hydrogens is 258 g/mol. The monoisotopic (exact) mass is 283 g/mol. The van der Waals surface area contributed by atoms with Crippen LogP contribution in [0.2, 0.25) is 0 Å². The zero-order chi connectivity index (χ0) is 15.2. The van der Waals surface area contributed by atoms with E-state index >= 15 is 0 Å². The minimum absolute atomic E-state index is 0.589. The average molecular weight is 283 g/mol. The quantitative estimate of drug-likeness (QED) is 0.514. The van der Waals surface area contributed by atoms with Crippen molar-refractivity contribution in [2.75, 3.05) is 26.2 Å². The first-order valence-corrected chi connectivity index (χ1v) is 7.72. The van der Waals surface area contributed by atoms with Gasteiger partial charge in [-0.3, -0.25) is 10.3 Å². The van der Waals surface area contributed by atoms with Gasteiger partial charge in [-0.2, -0.15) is 0 Å². The first kappa shape index (κ1) is 15.6. The van der Waals surface area contributed by atoms with Crippen LogP contribution in [0.15, 0.2) is 24.3 Å². The topological polar surface area (TPSA) is 30.3 Å². The number of benzene rings is 1. The normalized spacial score (nSPS) is 16.3. The fourth-order valence-corrected chi connectivity index (χ4v) is 2.72. The molecule has 1 aromatic rings. The van der Waals surface area contributed by atoms with E-state index in [2.05, 4.69) is 35.5 Å². The molecule has 1 N–H and O–H groups in total. The fourth-order valence-electron chi connectivity index (χ4n) is 2.72. The number of nitrogens with zero attached hydrogens (tertiary/aromatic N) is 2. The van der Waals surface area contributed by atoms with E-state index in [0.717, 1.165) is 43.7 Å². The fraction of sp³-hybridized carbons (Fsp3) is 0.500. The molecule has 0 bridgehead atoms. The maximum atomic E-state index is 8.44. The first-order chi connectivity index (χ1) is 10.1. The molecule has 0 saturated carbocycles. The molecule has 0 aliphatic carbocycles. The Morgan fingerprint density at radius 2 is 1.81 bits per heavy atom. The van der Waals surface area contributed by atoms with Crippen molar-refractivity contribution in [2.24, 2.45) is 0 Å². The van der Waals surface area contributed by atoms with E-state index in [1.54, 1.807) is 0 Å². The van der Waals surface area contributed by atoms with E-state index in [0.29, 0.717) is 11.9 Å². The van der Waals surface area contributed by atoms with Gasteiger partial charge < -0.3 is 4.90 Å². The molecule has 1 saturated heterocycles. The molecule has 0 amide bonds. The van der Waals surface area contributed by atoms with Crippen LogP contribution in [0.25, 0.3) is 0 Å². The lowest BCUT2D eigenvalue weighted by atomic mass is 10.1. The number of hydrogen-bond donors (Lipinski definition) is 1. The minimum atomic E-state index is 0.589. The Kier molecular flexibility index (Phi) is 5.41. The van der Waals surface area contributed by atoms with Crippen molar-refractivity contribution < 1.29 is 0 Å². The third-order valence-corrected chi connectivity index (χ3v) is 4.00. The number of nitrogens with one attached hydrogen (secondary N) is 1. The number of hydrogen-bond acceptors (Lipinski definition) is 2. The van der Waals surface area contributed by atoms with Crippen LogP contribution in [0.1, 0.15) is 38.3 Å². The van der Waals surface area contributed by atoms with Crippen LogP contribution in [0, 0.1) is 17.3 Å². The Labute approximate surface area is 128 Å². The number of rotatable bonds is 2. The molecule has 112 valence electrons. The largest absolute Gasteiger partial charge is 0.355 e. The highest BCUT2D eigenvalue weighted by Gasteiger charge is 2.19. The predicted molar refractivity (Wildman–Crippen MR) is 88.7 cm³/mol. The maximum Gasteiger partial charge on any atom is 0.128 e. The van der Waals surface area contributed by atoms with Gasteiger partial charge in [-0.05, 0) is 39.3 Å². The Hall–Kier alpha value is -1.79. The standard InChI is InChI=1S/C18H25N3/c1-4-6-16-7-9-17(10-8-16)18(19)21-12-5-11-20(13-14-21)15(2)3/h7-10,15,19H,5,11-14H2,1-3H3. The molecule has 0 radical (unpaired) electrons. The van der Waals surface area contributed by atoms with Crippen molar-refractivity contribution in [3.05, 3.63) is 35.4 Å². The molecule has 0 spiro atoms. The van der Waals surface area contributed by atoms with Crippen LogP contribution in [0.5, 0.6) is 0 Å². The SMILES string of the molecule is CC#Cc1ccc(C(=N)N2CCCN(C(C)C)CC2)cc1. The summed E-state index contributed by atoms with van der Waals surface area (Å²) in [6, 6.07) is 8.60. The summed E-state index contributed by atoms with van der Waals surface area (Å²) in [5.41, 5.74) is 1.99. The average Bonchev–Trinajstić information content (AvgIpc) is 2.73. The van der Waals surface area contributed by atoms with Crippen LogP contribution >= 0.6 is 0 Å². The summed E-state index contributed by atoms with van der Waals surface area (Å²) in [6.45, 7) is 10.4. The summed E-state index contributed by atoms with van der Waals surface area (Å²) in [5.74, 6) is 6.58. The molecule has 1 aliphatic rings. The second-order valence-corrected chi connectivity index (χ2v) is 5.77. The molecule has 1 aromatic carbocycles. The highest BCUT2D eigenvalue weighted by molar-refractivity contribution is 5.96. The lowest BCUT2D eigenvalue weighted by Gasteiger charge is -2.26. The van der Waals surface area contributed by atoms with Gasteiger partial charge in [-0.1, -0.05) is 18.1 Å². The van der Waals surface area contributed by atoms with Crippen molar-refractivity contribution in [1.29, 1.82) is 5.41 Å². The van der Waals surface area contributed by atoms with Gasteiger partial charge in [0.2, 0.25) is 0 Å². The van der Waals surface area contributed by atoms with E-state index in [1.807, 2.05) is 31.2 Å². The molecular formula is C18H25N3. The summed E-state index contributed by atoms with van der Waals surface area (Å²) >= 11 is 0. The molecule has 21 heavy (non-hydrogen) atoms. The van der Waals surface area contributed by atoms with Crippen molar-refractivity contribution in [2.45, 2.75) is 33.2 Å². The van der Waals surface area contributed by atoms with E-state index in [9.17, 15) is 0 Å². The summed E-state index contributed by atoms with van der Waals surface area (Å²) < 4.78 is 0. The Morgan fingerprint density at radius 3 is 2.43 bits per heavy atom. The van der Waals surface area contributed by atoms with Gasteiger partial charge in [0.15, 0.2) is 0 Å². The summed E-state index contributed by atoms with van der Waals surface area (Å²) in [7, 11) is 0. The molecule has 1 aliphatic heterocycles. The highest BCUT2D eigenvalue weighted by Crippen LogP contribution is 2.12. The Balaban J connectivity index is 2.03. The van der Waals surface area contributed by atoms with Gasteiger partial charge >= 0.3 is 0 Å². The van der Waals surface area contributed by atoms with Gasteiger partial charge in [0.25, 0.3) is 0 Å². The molecule has 0 atom stereocenters. The minimum Gasteiger partial charge on any atom is -0.355 e. The molecule has 3 heteroatoms. The number of amidine groups is 1. The third-order valence-electron chi connectivity index (χ3n) is 4.00. The molecule has 1 fully saturated rings. The van der Waals surface area contributed by atoms with Crippen LogP contribution in [-0.4, -0.2) is 47.9 Å². The van der Waals surface area contributed by atoms with Crippen LogP contribution in [-0.2, 0) is 0 Å². The van der Waals surface area contributed by atoms with Gasteiger partial charge in [0, 0.05) is 43.3 Å². The summed E-state index contributed by atoms with van der Waals surface area (Å²) in [6.07, 6.45) is 1.12. The van der Waals surface area contributed by atoms with Crippen LogP contribution in [0.3, 0.4) is 0 Å². The Morgan fingerprint density at radius 1 is 1.10 bits per heavy atom. The van der Waals surface area contributed by atoms with E-state index in [-0.39, 0.29) is 0 Å². The molecule has 2 rings (SSSR count). The lowest BCUT2D eigenvalue weighted by molar-refractivity contribution is 0.232. The van der Waals surface area contributed by atoms with Gasteiger partial charge in [-0.25, -0.2) is 0 Å². The summed E-state index contributed by atoms with van der Waals surface area (Å²) in [5, 5.41) is 8.44. The zero-order valence-electron chi connectivity index (χ0n) is 13.3. The van der Waals surface area contributed by atoms with E-state index in [1.165, 1.54) is 0 Å². The van der Waals surface area contributed by atoms with E-state index < -0.39 is 0 Å². The smallest absolute Gasteiger partial charge is 0.128 e. The molecule has 0 unspecified atom stereocenters. The van der Waals surface area contributed by atoms with Gasteiger partial charge in [0.1, 0.15) is 5.84 Å².